The highest BCUT2D eigenvalue weighted by Crippen LogP contribution is 2.14. The Morgan fingerprint density at radius 3 is 2.04 bits per heavy atom. The van der Waals surface area contributed by atoms with Crippen molar-refractivity contribution in [1.29, 1.82) is 0 Å². The Kier molecular flexibility index (Phi) is 6.07. The molecule has 1 heterocycles. The first-order chi connectivity index (χ1) is 10.8. The van der Waals surface area contributed by atoms with Gasteiger partial charge in [-0.1, -0.05) is 13.8 Å². The van der Waals surface area contributed by atoms with Crippen molar-refractivity contribution in [2.24, 2.45) is 7.05 Å². The summed E-state index contributed by atoms with van der Waals surface area (Å²) in [5, 5.41) is 0. The van der Waals surface area contributed by atoms with E-state index >= 15 is 0 Å². The summed E-state index contributed by atoms with van der Waals surface area (Å²) in [6.07, 6.45) is 0. The summed E-state index contributed by atoms with van der Waals surface area (Å²) < 4.78 is 7.45. The average molecular weight is 318 g/mol. The second kappa shape index (κ2) is 7.58. The van der Waals surface area contributed by atoms with Crippen LogP contribution in [0.15, 0.2) is 33.9 Å². The van der Waals surface area contributed by atoms with E-state index in [0.717, 1.165) is 4.57 Å². The third-order valence-corrected chi connectivity index (χ3v) is 3.40. The van der Waals surface area contributed by atoms with Crippen molar-refractivity contribution < 1.29 is 9.53 Å². The summed E-state index contributed by atoms with van der Waals surface area (Å²) in [7, 11) is 1.62. The van der Waals surface area contributed by atoms with Gasteiger partial charge < -0.3 is 9.30 Å². The van der Waals surface area contributed by atoms with Gasteiger partial charge in [0.05, 0.1) is 5.69 Å². The third kappa shape index (κ3) is 3.77. The monoisotopic (exact) mass is 318 g/mol. The number of nitrogens with zero attached hydrogens (tertiary/aromatic N) is 2. The van der Waals surface area contributed by atoms with Crippen LogP contribution in [0.2, 0.25) is 0 Å². The molecule has 0 saturated carbocycles. The molecule has 2 aromatic rings. The highest BCUT2D eigenvalue weighted by atomic mass is 16.5. The number of aromatic nitrogens is 2. The molecule has 0 fully saturated rings. The molecule has 0 unspecified atom stereocenters. The van der Waals surface area contributed by atoms with Crippen LogP contribution in [0, 0.1) is 13.8 Å². The number of ether oxygens (including phenoxy) is 1. The van der Waals surface area contributed by atoms with E-state index in [1.54, 1.807) is 33.0 Å². The van der Waals surface area contributed by atoms with Crippen molar-refractivity contribution in [1.82, 2.24) is 9.13 Å². The van der Waals surface area contributed by atoms with Gasteiger partial charge in [0.25, 0.3) is 5.56 Å². The molecule has 0 amide bonds. The van der Waals surface area contributed by atoms with Crippen LogP contribution in [-0.2, 0) is 11.8 Å². The lowest BCUT2D eigenvalue weighted by atomic mass is 10.2. The van der Waals surface area contributed by atoms with Crippen LogP contribution in [0.1, 0.15) is 32.0 Å². The molecule has 6 nitrogen and oxygen atoms in total. The second-order valence-corrected chi connectivity index (χ2v) is 4.78. The largest absolute Gasteiger partial charge is 0.427 e. The molecule has 6 heteroatoms. The quantitative estimate of drug-likeness (QED) is 0.628. The van der Waals surface area contributed by atoms with E-state index in [1.165, 1.54) is 23.6 Å². The highest BCUT2D eigenvalue weighted by Gasteiger charge is 2.12. The number of benzene rings is 1. The Labute approximate surface area is 135 Å². The summed E-state index contributed by atoms with van der Waals surface area (Å²) in [6.45, 7) is 8.71. The van der Waals surface area contributed by atoms with Crippen molar-refractivity contribution in [3.63, 3.8) is 0 Å². The minimum atomic E-state index is -0.429. The molecule has 2 rings (SSSR count). The number of esters is 1. The van der Waals surface area contributed by atoms with Crippen molar-refractivity contribution in [3.8, 4) is 11.4 Å². The molecule has 1 aromatic carbocycles. The van der Waals surface area contributed by atoms with Gasteiger partial charge in [-0.3, -0.25) is 9.59 Å². The third-order valence-electron chi connectivity index (χ3n) is 3.40. The van der Waals surface area contributed by atoms with Crippen LogP contribution in [0.3, 0.4) is 0 Å². The summed E-state index contributed by atoms with van der Waals surface area (Å²) in [4.78, 5) is 35.4. The number of carbonyl (C=O) groups excluding carboxylic acids is 1. The lowest BCUT2D eigenvalue weighted by Crippen LogP contribution is -2.40. The summed E-state index contributed by atoms with van der Waals surface area (Å²) >= 11 is 0. The van der Waals surface area contributed by atoms with Gasteiger partial charge in [0.15, 0.2) is 0 Å². The molecule has 23 heavy (non-hydrogen) atoms. The zero-order valence-electron chi connectivity index (χ0n) is 14.3. The lowest BCUT2D eigenvalue weighted by Gasteiger charge is -2.12. The number of hydrogen-bond donors (Lipinski definition) is 0. The zero-order chi connectivity index (χ0) is 17.7. The Morgan fingerprint density at radius 2 is 1.57 bits per heavy atom. The van der Waals surface area contributed by atoms with E-state index in [0.29, 0.717) is 22.7 Å². The Morgan fingerprint density at radius 1 is 1.04 bits per heavy atom. The van der Waals surface area contributed by atoms with Gasteiger partial charge in [-0.2, -0.15) is 0 Å². The normalized spacial score (nSPS) is 9.83. The molecule has 0 spiro atoms. The van der Waals surface area contributed by atoms with E-state index in [2.05, 4.69) is 0 Å². The molecule has 0 aliphatic carbocycles. The summed E-state index contributed by atoms with van der Waals surface area (Å²) in [5.74, 6) is -0.0676. The molecule has 0 radical (unpaired) electrons. The molecule has 0 aliphatic heterocycles. The summed E-state index contributed by atoms with van der Waals surface area (Å²) in [6, 6.07) is 6.21. The van der Waals surface area contributed by atoms with Crippen LogP contribution in [-0.4, -0.2) is 15.1 Å². The number of hydrogen-bond acceptors (Lipinski definition) is 4. The van der Waals surface area contributed by atoms with Gasteiger partial charge in [0, 0.05) is 25.2 Å². The molecule has 0 N–H and O–H groups in total. The van der Waals surface area contributed by atoms with Gasteiger partial charge in [0.2, 0.25) is 0 Å². The van der Waals surface area contributed by atoms with E-state index in [9.17, 15) is 14.4 Å². The number of rotatable bonds is 2. The van der Waals surface area contributed by atoms with Gasteiger partial charge in [-0.05, 0) is 38.1 Å². The fourth-order valence-corrected chi connectivity index (χ4v) is 2.01. The van der Waals surface area contributed by atoms with Crippen molar-refractivity contribution in [2.75, 3.05) is 0 Å². The molecular formula is C17H22N2O4. The van der Waals surface area contributed by atoms with E-state index in [4.69, 9.17) is 4.74 Å². The molecule has 0 bridgehead atoms. The maximum Gasteiger partial charge on any atom is 0.335 e. The van der Waals surface area contributed by atoms with Crippen LogP contribution in [0.5, 0.6) is 5.75 Å². The van der Waals surface area contributed by atoms with Gasteiger partial charge in [-0.25, -0.2) is 9.36 Å². The van der Waals surface area contributed by atoms with Gasteiger partial charge in [0.1, 0.15) is 5.75 Å². The van der Waals surface area contributed by atoms with Crippen molar-refractivity contribution in [3.05, 3.63) is 56.4 Å². The fraction of sp³-hybridized carbons (Fsp3) is 0.353. The maximum atomic E-state index is 12.3. The molecule has 0 aliphatic rings. The molecule has 0 saturated heterocycles. The Hall–Kier alpha value is -2.63. The van der Waals surface area contributed by atoms with Gasteiger partial charge >= 0.3 is 11.7 Å². The maximum absolute atomic E-state index is 12.3. The van der Waals surface area contributed by atoms with E-state index < -0.39 is 11.7 Å². The predicted molar refractivity (Wildman–Crippen MR) is 89.4 cm³/mol. The Balaban J connectivity index is 0.00000127. The van der Waals surface area contributed by atoms with Crippen LogP contribution >= 0.6 is 0 Å². The average Bonchev–Trinajstić information content (AvgIpc) is 2.54. The smallest absolute Gasteiger partial charge is 0.335 e. The molecule has 124 valence electrons. The van der Waals surface area contributed by atoms with Crippen molar-refractivity contribution >= 4 is 5.97 Å². The van der Waals surface area contributed by atoms with Crippen LogP contribution in [0.4, 0.5) is 0 Å². The molecular weight excluding hydrogens is 296 g/mol. The minimum absolute atomic E-state index is 0.351. The topological polar surface area (TPSA) is 70.3 Å². The molecule has 0 atom stereocenters. The van der Waals surface area contributed by atoms with E-state index in [-0.39, 0.29) is 5.56 Å². The minimum Gasteiger partial charge on any atom is -0.427 e. The van der Waals surface area contributed by atoms with Crippen LogP contribution in [0.25, 0.3) is 5.69 Å². The fourth-order valence-electron chi connectivity index (χ4n) is 2.01. The van der Waals surface area contributed by atoms with Gasteiger partial charge in [-0.15, -0.1) is 0 Å². The standard InChI is InChI=1S/C15H16N2O4.C2H6/c1-9-10(2)16(4)15(20)17(14(9)19)12-5-7-13(8-6-12)21-11(3)18;1-2/h5-8H,1-4H3;1-2H3. The van der Waals surface area contributed by atoms with Crippen LogP contribution < -0.4 is 16.0 Å². The SMILES string of the molecule is CC.CC(=O)Oc1ccc(-n2c(=O)c(C)c(C)n(C)c2=O)cc1. The summed E-state index contributed by atoms with van der Waals surface area (Å²) in [5.41, 5.74) is 0.817. The number of carbonyl (C=O) groups is 1. The first-order valence-corrected chi connectivity index (χ1v) is 7.41. The highest BCUT2D eigenvalue weighted by molar-refractivity contribution is 5.69. The second-order valence-electron chi connectivity index (χ2n) is 4.78. The zero-order valence-corrected chi connectivity index (χ0v) is 14.3. The van der Waals surface area contributed by atoms with Crippen molar-refractivity contribution in [2.45, 2.75) is 34.6 Å². The predicted octanol–water partition coefficient (Wildman–Crippen LogP) is 2.10. The lowest BCUT2D eigenvalue weighted by molar-refractivity contribution is -0.131. The molecule has 1 aromatic heterocycles. The Bertz CT molecular complexity index is 777. The first kappa shape index (κ1) is 18.4. The first-order valence-electron chi connectivity index (χ1n) is 7.41. The van der Waals surface area contributed by atoms with E-state index in [1.807, 2.05) is 13.8 Å².